The van der Waals surface area contributed by atoms with Crippen molar-refractivity contribution < 1.29 is 9.90 Å². The molecule has 1 amide bonds. The van der Waals surface area contributed by atoms with Crippen LogP contribution in [0.5, 0.6) is 0 Å². The van der Waals surface area contributed by atoms with Crippen molar-refractivity contribution in [1.29, 1.82) is 5.26 Å². The van der Waals surface area contributed by atoms with Gasteiger partial charge in [-0.1, -0.05) is 12.1 Å². The van der Waals surface area contributed by atoms with E-state index in [1.54, 1.807) is 31.2 Å². The smallest absolute Gasteiger partial charge is 0.243 e. The molecule has 4 heteroatoms. The minimum Gasteiger partial charge on any atom is -0.393 e. The first-order chi connectivity index (χ1) is 9.11. The second-order valence-electron chi connectivity index (χ2n) is 4.35. The fourth-order valence-corrected chi connectivity index (χ4v) is 1.55. The second-order valence-corrected chi connectivity index (χ2v) is 4.35. The molecule has 1 unspecified atom stereocenters. The van der Waals surface area contributed by atoms with Gasteiger partial charge in [0.2, 0.25) is 5.91 Å². The Morgan fingerprint density at radius 1 is 1.58 bits per heavy atom. The van der Waals surface area contributed by atoms with E-state index in [0.29, 0.717) is 18.5 Å². The maximum Gasteiger partial charge on any atom is 0.243 e. The number of nitrogens with one attached hydrogen (secondary N) is 1. The van der Waals surface area contributed by atoms with Crippen LogP contribution < -0.4 is 5.32 Å². The largest absolute Gasteiger partial charge is 0.393 e. The summed E-state index contributed by atoms with van der Waals surface area (Å²) >= 11 is 0. The second kappa shape index (κ2) is 8.06. The number of carbonyl (C=O) groups excluding carboxylic acids is 1. The molecule has 1 aromatic rings. The minimum absolute atomic E-state index is 0.173. The van der Waals surface area contributed by atoms with Gasteiger partial charge in [-0.3, -0.25) is 4.79 Å². The Hall–Kier alpha value is -2.12. The summed E-state index contributed by atoms with van der Waals surface area (Å²) in [6, 6.07) is 9.09. The van der Waals surface area contributed by atoms with Gasteiger partial charge in [-0.25, -0.2) is 0 Å². The van der Waals surface area contributed by atoms with Gasteiger partial charge in [0.1, 0.15) is 0 Å². The van der Waals surface area contributed by atoms with Crippen LogP contribution in [0.3, 0.4) is 0 Å². The van der Waals surface area contributed by atoms with E-state index in [2.05, 4.69) is 5.32 Å². The predicted octanol–water partition coefficient (Wildman–Crippen LogP) is 1.85. The number of hydrogen-bond donors (Lipinski definition) is 2. The van der Waals surface area contributed by atoms with E-state index in [1.807, 2.05) is 12.1 Å². The van der Waals surface area contributed by atoms with Crippen molar-refractivity contribution in [2.24, 2.45) is 0 Å². The molecule has 0 radical (unpaired) electrons. The van der Waals surface area contributed by atoms with Crippen molar-refractivity contribution in [3.05, 3.63) is 41.5 Å². The quantitative estimate of drug-likeness (QED) is 0.604. The Morgan fingerprint density at radius 3 is 3.05 bits per heavy atom. The maximum atomic E-state index is 11.5. The molecule has 0 aromatic heterocycles. The molecule has 19 heavy (non-hydrogen) atoms. The van der Waals surface area contributed by atoms with Gasteiger partial charge in [-0.15, -0.1) is 0 Å². The van der Waals surface area contributed by atoms with Crippen LogP contribution >= 0.6 is 0 Å². The molecular formula is C15H18N2O2. The highest BCUT2D eigenvalue weighted by Crippen LogP contribution is 2.05. The summed E-state index contributed by atoms with van der Waals surface area (Å²) in [4.78, 5) is 11.5. The molecule has 100 valence electrons. The molecule has 0 aliphatic rings. The number of hydrogen-bond acceptors (Lipinski definition) is 3. The van der Waals surface area contributed by atoms with Crippen molar-refractivity contribution in [1.82, 2.24) is 5.32 Å². The third kappa shape index (κ3) is 6.39. The van der Waals surface area contributed by atoms with Gasteiger partial charge in [0.05, 0.1) is 17.7 Å². The van der Waals surface area contributed by atoms with Gasteiger partial charge < -0.3 is 10.4 Å². The molecule has 0 fully saturated rings. The molecule has 4 nitrogen and oxygen atoms in total. The number of benzene rings is 1. The Balaban J connectivity index is 2.39. The summed E-state index contributed by atoms with van der Waals surface area (Å²) in [5, 5.41) is 20.6. The average molecular weight is 258 g/mol. The summed E-state index contributed by atoms with van der Waals surface area (Å²) in [6.45, 7) is 2.27. The van der Waals surface area contributed by atoms with Crippen molar-refractivity contribution in [3.63, 3.8) is 0 Å². The Kier molecular flexibility index (Phi) is 6.34. The Morgan fingerprint density at radius 2 is 2.37 bits per heavy atom. The third-order valence-corrected chi connectivity index (χ3v) is 2.54. The first-order valence-corrected chi connectivity index (χ1v) is 6.26. The minimum atomic E-state index is -0.332. The molecule has 0 aliphatic carbocycles. The van der Waals surface area contributed by atoms with Crippen LogP contribution in [0.4, 0.5) is 0 Å². The first kappa shape index (κ1) is 14.9. The number of nitriles is 1. The molecule has 0 saturated heterocycles. The summed E-state index contributed by atoms with van der Waals surface area (Å²) in [7, 11) is 0. The van der Waals surface area contributed by atoms with Crippen molar-refractivity contribution in [2.45, 2.75) is 25.9 Å². The Labute approximate surface area is 113 Å². The predicted molar refractivity (Wildman–Crippen MR) is 74.1 cm³/mol. The number of aliphatic hydroxyl groups excluding tert-OH is 1. The molecule has 2 N–H and O–H groups in total. The van der Waals surface area contributed by atoms with E-state index in [4.69, 9.17) is 10.4 Å². The molecule has 1 aromatic carbocycles. The van der Waals surface area contributed by atoms with E-state index in [-0.39, 0.29) is 12.0 Å². The number of carbonyl (C=O) groups is 1. The monoisotopic (exact) mass is 258 g/mol. The normalized spacial score (nSPS) is 12.1. The van der Waals surface area contributed by atoms with Gasteiger partial charge in [0, 0.05) is 12.6 Å². The molecule has 0 saturated carbocycles. The zero-order chi connectivity index (χ0) is 14.1. The summed E-state index contributed by atoms with van der Waals surface area (Å²) in [6.07, 6.45) is 4.21. The van der Waals surface area contributed by atoms with Crippen LogP contribution in [0.1, 0.15) is 30.9 Å². The third-order valence-electron chi connectivity index (χ3n) is 2.54. The molecule has 1 atom stereocenters. The average Bonchev–Trinajstić information content (AvgIpc) is 2.41. The highest BCUT2D eigenvalue weighted by Gasteiger charge is 1.98. The van der Waals surface area contributed by atoms with Crippen molar-refractivity contribution in [2.75, 3.05) is 6.54 Å². The van der Waals surface area contributed by atoms with E-state index in [1.165, 1.54) is 6.08 Å². The standard InChI is InChI=1S/C15H18N2O2/c1-12(18)4-3-9-17-15(19)8-7-13-5-2-6-14(10-13)11-16/h2,5-8,10,12,18H,3-4,9H2,1H3,(H,17,19)/b8-7+. The lowest BCUT2D eigenvalue weighted by Crippen LogP contribution is -2.22. The van der Waals surface area contributed by atoms with Gasteiger partial charge >= 0.3 is 0 Å². The maximum absolute atomic E-state index is 11.5. The lowest BCUT2D eigenvalue weighted by Gasteiger charge is -2.04. The van der Waals surface area contributed by atoms with Gasteiger partial charge in [0.25, 0.3) is 0 Å². The number of rotatable bonds is 6. The lowest BCUT2D eigenvalue weighted by molar-refractivity contribution is -0.116. The van der Waals surface area contributed by atoms with E-state index >= 15 is 0 Å². The van der Waals surface area contributed by atoms with Crippen LogP contribution in [-0.4, -0.2) is 23.7 Å². The van der Waals surface area contributed by atoms with E-state index in [9.17, 15) is 4.79 Å². The number of amides is 1. The molecule has 1 rings (SSSR count). The van der Waals surface area contributed by atoms with Crippen molar-refractivity contribution >= 4 is 12.0 Å². The van der Waals surface area contributed by atoms with Crippen LogP contribution in [0.25, 0.3) is 6.08 Å². The molecular weight excluding hydrogens is 240 g/mol. The van der Waals surface area contributed by atoms with Gasteiger partial charge in [-0.05, 0) is 43.5 Å². The zero-order valence-electron chi connectivity index (χ0n) is 11.0. The SMILES string of the molecule is CC(O)CCCNC(=O)/C=C/c1cccc(C#N)c1. The van der Waals surface area contributed by atoms with Crippen LogP contribution in [-0.2, 0) is 4.79 Å². The van der Waals surface area contributed by atoms with Crippen molar-refractivity contribution in [3.8, 4) is 6.07 Å². The zero-order valence-corrected chi connectivity index (χ0v) is 11.0. The topological polar surface area (TPSA) is 73.1 Å². The van der Waals surface area contributed by atoms with E-state index < -0.39 is 0 Å². The number of nitrogens with zero attached hydrogens (tertiary/aromatic N) is 1. The summed E-state index contributed by atoms with van der Waals surface area (Å²) in [5.74, 6) is -0.173. The van der Waals surface area contributed by atoms with Crippen LogP contribution in [0.2, 0.25) is 0 Å². The number of aliphatic hydroxyl groups is 1. The summed E-state index contributed by atoms with van der Waals surface area (Å²) in [5.41, 5.74) is 1.39. The summed E-state index contributed by atoms with van der Waals surface area (Å²) < 4.78 is 0. The van der Waals surface area contributed by atoms with Crippen LogP contribution in [0, 0.1) is 11.3 Å². The highest BCUT2D eigenvalue weighted by atomic mass is 16.3. The lowest BCUT2D eigenvalue weighted by atomic mass is 10.1. The Bertz CT molecular complexity index is 487. The first-order valence-electron chi connectivity index (χ1n) is 6.26. The van der Waals surface area contributed by atoms with Crippen LogP contribution in [0.15, 0.2) is 30.3 Å². The fraction of sp³-hybridized carbons (Fsp3) is 0.333. The molecule has 0 spiro atoms. The fourth-order valence-electron chi connectivity index (χ4n) is 1.55. The molecule has 0 bridgehead atoms. The highest BCUT2D eigenvalue weighted by molar-refractivity contribution is 5.91. The van der Waals surface area contributed by atoms with Gasteiger partial charge in [0.15, 0.2) is 0 Å². The molecule has 0 heterocycles. The molecule has 0 aliphatic heterocycles. The van der Waals surface area contributed by atoms with Gasteiger partial charge in [-0.2, -0.15) is 5.26 Å². The van der Waals surface area contributed by atoms with E-state index in [0.717, 1.165) is 12.0 Å².